The summed E-state index contributed by atoms with van der Waals surface area (Å²) in [6.45, 7) is 0. The topological polar surface area (TPSA) is 8.17 Å². The van der Waals surface area contributed by atoms with Gasteiger partial charge in [-0.25, -0.2) is 0 Å². The van der Waals surface area contributed by atoms with Crippen LogP contribution in [0.4, 0.5) is 17.1 Å². The molecule has 1 saturated carbocycles. The van der Waals surface area contributed by atoms with Crippen LogP contribution < -0.4 is 4.90 Å². The Morgan fingerprint density at radius 2 is 1.02 bits per heavy atom. The van der Waals surface area contributed by atoms with Crippen molar-refractivity contribution in [3.05, 3.63) is 265 Å². The molecule has 1 fully saturated rings. The third kappa shape index (κ3) is 5.17. The fraction of sp³-hybridized carbons (Fsp3) is 0.0476. The Labute approximate surface area is 378 Å². The lowest BCUT2D eigenvalue weighted by atomic mass is 9.38. The molecule has 9 aromatic carbocycles. The molecule has 65 heavy (non-hydrogen) atoms. The van der Waals surface area contributed by atoms with Crippen molar-refractivity contribution in [1.29, 1.82) is 0 Å². The molecule has 0 saturated heterocycles. The fourth-order valence-corrected chi connectivity index (χ4v) is 12.0. The molecule has 4 aliphatic rings. The van der Waals surface area contributed by atoms with Gasteiger partial charge in [-0.3, -0.25) is 0 Å². The molecule has 0 radical (unpaired) electrons. The minimum Gasteiger partial charge on any atom is -0.310 e. The number of fused-ring (bicyclic) bond motifs is 7. The Kier molecular flexibility index (Phi) is 7.76. The average molecular weight is 827 g/mol. The first-order chi connectivity index (χ1) is 32.2. The van der Waals surface area contributed by atoms with Gasteiger partial charge in [-0.05, 0) is 122 Å². The number of allylic oxidation sites excluding steroid dienone is 8. The summed E-state index contributed by atoms with van der Waals surface area (Å²) in [7, 11) is 0. The van der Waals surface area contributed by atoms with Crippen LogP contribution in [-0.4, -0.2) is 4.57 Å². The molecule has 1 heterocycles. The first-order valence-electron chi connectivity index (χ1n) is 22.8. The third-order valence-electron chi connectivity index (χ3n) is 14.9. The van der Waals surface area contributed by atoms with Gasteiger partial charge >= 0.3 is 0 Å². The van der Waals surface area contributed by atoms with E-state index in [1.807, 2.05) is 0 Å². The van der Waals surface area contributed by atoms with Crippen LogP contribution in [0.15, 0.2) is 254 Å². The number of para-hydroxylation sites is 1. The summed E-state index contributed by atoms with van der Waals surface area (Å²) in [6.07, 6.45) is 14.0. The van der Waals surface area contributed by atoms with Crippen molar-refractivity contribution in [2.24, 2.45) is 11.8 Å². The highest BCUT2D eigenvalue weighted by Crippen LogP contribution is 2.71. The van der Waals surface area contributed by atoms with Crippen LogP contribution in [0, 0.1) is 11.8 Å². The second kappa shape index (κ2) is 13.9. The number of nitrogens with zero attached hydrogens (tertiary/aromatic N) is 2. The van der Waals surface area contributed by atoms with Gasteiger partial charge in [0.25, 0.3) is 0 Å². The van der Waals surface area contributed by atoms with Gasteiger partial charge in [-0.1, -0.05) is 182 Å². The summed E-state index contributed by atoms with van der Waals surface area (Å²) in [4.78, 5) is 2.45. The van der Waals surface area contributed by atoms with E-state index in [1.54, 1.807) is 5.57 Å². The minimum absolute atomic E-state index is 0.0361. The Balaban J connectivity index is 0.838. The van der Waals surface area contributed by atoms with E-state index in [0.29, 0.717) is 11.8 Å². The van der Waals surface area contributed by atoms with E-state index in [0.717, 1.165) is 17.1 Å². The lowest BCUT2D eigenvalue weighted by Crippen LogP contribution is -2.59. The molecule has 14 rings (SSSR count). The van der Waals surface area contributed by atoms with E-state index >= 15 is 0 Å². The largest absolute Gasteiger partial charge is 0.310 e. The molecule has 0 amide bonds. The number of aromatic nitrogens is 1. The van der Waals surface area contributed by atoms with Gasteiger partial charge in [-0.2, -0.15) is 0 Å². The van der Waals surface area contributed by atoms with Gasteiger partial charge < -0.3 is 9.47 Å². The fourth-order valence-electron chi connectivity index (χ4n) is 12.0. The summed E-state index contributed by atoms with van der Waals surface area (Å²) in [5, 5.41) is 5.23. The van der Waals surface area contributed by atoms with Crippen LogP contribution in [0.5, 0.6) is 0 Å². The van der Waals surface area contributed by atoms with Crippen molar-refractivity contribution < 1.29 is 0 Å². The summed E-state index contributed by atoms with van der Waals surface area (Å²) in [5.74, 6) is 0.950. The van der Waals surface area contributed by atoms with Crippen LogP contribution in [0.2, 0.25) is 0 Å². The molecular weight excluding hydrogens is 785 g/mol. The zero-order chi connectivity index (χ0) is 42.6. The van der Waals surface area contributed by atoms with Crippen LogP contribution in [0.3, 0.4) is 0 Å². The molecule has 4 aliphatic carbocycles. The van der Waals surface area contributed by atoms with Gasteiger partial charge in [0, 0.05) is 45.1 Å². The van der Waals surface area contributed by atoms with E-state index in [4.69, 9.17) is 0 Å². The Morgan fingerprint density at radius 3 is 1.74 bits per heavy atom. The van der Waals surface area contributed by atoms with E-state index in [9.17, 15) is 0 Å². The summed E-state index contributed by atoms with van der Waals surface area (Å²) >= 11 is 0. The molecule has 0 bridgehead atoms. The van der Waals surface area contributed by atoms with Crippen molar-refractivity contribution in [1.82, 2.24) is 4.57 Å². The first-order valence-corrected chi connectivity index (χ1v) is 22.8. The number of anilines is 3. The van der Waals surface area contributed by atoms with Gasteiger partial charge in [0.05, 0.1) is 22.1 Å². The highest BCUT2D eigenvalue weighted by Gasteiger charge is 2.64. The highest BCUT2D eigenvalue weighted by molar-refractivity contribution is 6.11. The molecule has 1 spiro atoms. The van der Waals surface area contributed by atoms with Crippen LogP contribution in [0.25, 0.3) is 71.6 Å². The number of hydrogen-bond donors (Lipinski definition) is 0. The normalized spacial score (nSPS) is 18.6. The SMILES string of the molecule is C1=CC2=CC=CC3C2C(=C1)C31c2cccc3c(N(c4ccc(-c5ccccc5)cc4)c4ccc(-c5ccc(-n6c7ccccc7c7cc(-c8ccccc8)ccc76)cc5)cc4)ccc1c23. The Morgan fingerprint density at radius 1 is 0.431 bits per heavy atom. The van der Waals surface area contributed by atoms with Crippen LogP contribution in [0.1, 0.15) is 11.1 Å². The van der Waals surface area contributed by atoms with Crippen molar-refractivity contribution in [3.63, 3.8) is 0 Å². The lowest BCUT2D eigenvalue weighted by molar-refractivity contribution is 0.233. The van der Waals surface area contributed by atoms with E-state index < -0.39 is 0 Å². The van der Waals surface area contributed by atoms with Gasteiger partial charge in [0.2, 0.25) is 0 Å². The Bertz CT molecular complexity index is 3670. The highest BCUT2D eigenvalue weighted by atomic mass is 15.1. The third-order valence-corrected chi connectivity index (χ3v) is 14.9. The molecule has 1 aromatic heterocycles. The average Bonchev–Trinajstić information content (AvgIpc) is 3.70. The molecular formula is C63H42N2. The molecule has 3 unspecified atom stereocenters. The molecule has 0 N–H and O–H groups in total. The van der Waals surface area contributed by atoms with Crippen molar-refractivity contribution in [3.8, 4) is 39.1 Å². The second-order valence-electron chi connectivity index (χ2n) is 18.0. The summed E-state index contributed by atoms with van der Waals surface area (Å²) in [5.41, 5.74) is 20.2. The first kappa shape index (κ1) is 36.3. The maximum absolute atomic E-state index is 2.46. The molecule has 2 heteroatoms. The minimum atomic E-state index is -0.0361. The smallest absolute Gasteiger partial charge is 0.0541 e. The zero-order valence-electron chi connectivity index (χ0n) is 35.6. The van der Waals surface area contributed by atoms with Crippen molar-refractivity contribution in [2.75, 3.05) is 4.90 Å². The molecule has 10 aromatic rings. The standard InChI is InChI=1S/C63H42N2/c1-3-12-41(13-4-1)43-24-31-48(32-25-43)64(59-39-37-57-62-52(59)19-11-22-56(62)63(57)54-20-9-16-46-17-10-21-55(63)61(46)54)49-33-26-44(27-34-49)45-28-35-50(36-29-45)65-58-23-8-7-18-51(58)53-40-47(30-38-60(53)65)42-14-5-2-6-15-42/h1-40,54,61H. The maximum Gasteiger partial charge on any atom is 0.0541 e. The van der Waals surface area contributed by atoms with E-state index in [-0.39, 0.29) is 5.41 Å². The molecule has 3 atom stereocenters. The lowest BCUT2D eigenvalue weighted by Gasteiger charge is -2.64. The van der Waals surface area contributed by atoms with Crippen LogP contribution >= 0.6 is 0 Å². The van der Waals surface area contributed by atoms with Gasteiger partial charge in [0.15, 0.2) is 0 Å². The Hall–Kier alpha value is -8.20. The van der Waals surface area contributed by atoms with E-state index in [1.165, 1.54) is 88.3 Å². The number of benzene rings is 9. The predicted molar refractivity (Wildman–Crippen MR) is 271 cm³/mol. The van der Waals surface area contributed by atoms with Gasteiger partial charge in [0.1, 0.15) is 0 Å². The van der Waals surface area contributed by atoms with Gasteiger partial charge in [-0.15, -0.1) is 0 Å². The van der Waals surface area contributed by atoms with E-state index in [2.05, 4.69) is 252 Å². The van der Waals surface area contributed by atoms with Crippen molar-refractivity contribution >= 4 is 49.6 Å². The zero-order valence-corrected chi connectivity index (χ0v) is 35.6. The van der Waals surface area contributed by atoms with Crippen molar-refractivity contribution in [2.45, 2.75) is 5.41 Å². The monoisotopic (exact) mass is 826 g/mol. The molecule has 2 nitrogen and oxygen atoms in total. The van der Waals surface area contributed by atoms with Crippen LogP contribution in [-0.2, 0) is 5.41 Å². The predicted octanol–water partition coefficient (Wildman–Crippen LogP) is 16.2. The quantitative estimate of drug-likeness (QED) is 0.155. The second-order valence-corrected chi connectivity index (χ2v) is 18.0. The summed E-state index contributed by atoms with van der Waals surface area (Å²) < 4.78 is 2.40. The summed E-state index contributed by atoms with van der Waals surface area (Å²) in [6, 6.07) is 76.0. The maximum atomic E-state index is 2.46. The molecule has 0 aliphatic heterocycles. The number of rotatable bonds is 7. The number of hydrogen-bond acceptors (Lipinski definition) is 1. The molecule has 304 valence electrons.